The number of nitrogens with one attached hydrogen (secondary N) is 1. The molecule has 2 N–H and O–H groups in total. The van der Waals surface area contributed by atoms with Crippen LogP contribution < -0.4 is 5.32 Å². The van der Waals surface area contributed by atoms with Crippen LogP contribution in [0.2, 0.25) is 0 Å². The van der Waals surface area contributed by atoms with Crippen LogP contribution >= 0.6 is 23.1 Å². The fourth-order valence-electron chi connectivity index (χ4n) is 1.65. The number of nitrogens with zero attached hydrogens (tertiary/aromatic N) is 1. The van der Waals surface area contributed by atoms with Gasteiger partial charge in [-0.3, -0.25) is 4.79 Å². The Morgan fingerprint density at radius 2 is 2.53 bits per heavy atom. The first-order valence-corrected chi connectivity index (χ1v) is 7.63. The number of aryl methyl sites for hydroxylation is 1. The number of aliphatic hydroxyl groups is 1. The number of aromatic nitrogens is 1. The van der Waals surface area contributed by atoms with Crippen molar-refractivity contribution in [3.8, 4) is 0 Å². The molecule has 0 saturated carbocycles. The van der Waals surface area contributed by atoms with Crippen molar-refractivity contribution in [3.05, 3.63) is 16.1 Å². The number of amides is 1. The van der Waals surface area contributed by atoms with Crippen LogP contribution in [0.3, 0.4) is 0 Å². The minimum absolute atomic E-state index is 0.268. The van der Waals surface area contributed by atoms with E-state index in [-0.39, 0.29) is 5.91 Å². The predicted molar refractivity (Wildman–Crippen MR) is 70.2 cm³/mol. The van der Waals surface area contributed by atoms with Gasteiger partial charge in [-0.15, -0.1) is 11.3 Å². The number of rotatable bonds is 4. The van der Waals surface area contributed by atoms with Crippen molar-refractivity contribution in [2.24, 2.45) is 0 Å². The second-order valence-electron chi connectivity index (χ2n) is 4.09. The summed E-state index contributed by atoms with van der Waals surface area (Å²) in [6.45, 7) is 2.49. The van der Waals surface area contributed by atoms with E-state index in [0.29, 0.717) is 18.7 Å². The van der Waals surface area contributed by atoms with Gasteiger partial charge in [0, 0.05) is 16.8 Å². The summed E-state index contributed by atoms with van der Waals surface area (Å²) in [6.07, 6.45) is 3.35. The first-order valence-electron chi connectivity index (χ1n) is 5.66. The summed E-state index contributed by atoms with van der Waals surface area (Å²) >= 11 is 3.22. The lowest BCUT2D eigenvalue weighted by atomic mass is 10.0. The van der Waals surface area contributed by atoms with Crippen LogP contribution in [0.1, 0.15) is 23.2 Å². The molecule has 1 saturated heterocycles. The molecule has 0 spiro atoms. The minimum Gasteiger partial charge on any atom is -0.379 e. The minimum atomic E-state index is -1.17. The van der Waals surface area contributed by atoms with Gasteiger partial charge in [0.1, 0.15) is 5.01 Å². The Morgan fingerprint density at radius 3 is 3.12 bits per heavy atom. The molecule has 94 valence electrons. The van der Waals surface area contributed by atoms with E-state index in [2.05, 4.69) is 17.2 Å². The van der Waals surface area contributed by atoms with Gasteiger partial charge in [-0.2, -0.15) is 11.8 Å². The van der Waals surface area contributed by atoms with Gasteiger partial charge >= 0.3 is 0 Å². The topological polar surface area (TPSA) is 62.2 Å². The third kappa shape index (κ3) is 3.00. The maximum Gasteiger partial charge on any atom is 0.253 e. The van der Waals surface area contributed by atoms with Gasteiger partial charge in [-0.25, -0.2) is 4.98 Å². The molecule has 1 fully saturated rings. The van der Waals surface area contributed by atoms with Crippen molar-refractivity contribution in [3.63, 3.8) is 0 Å². The first-order chi connectivity index (χ1) is 8.14. The van der Waals surface area contributed by atoms with E-state index in [9.17, 15) is 9.90 Å². The zero-order valence-electron chi connectivity index (χ0n) is 9.73. The lowest BCUT2D eigenvalue weighted by Gasteiger charge is -2.19. The molecule has 1 unspecified atom stereocenters. The summed E-state index contributed by atoms with van der Waals surface area (Å²) in [5.74, 6) is 1.08. The monoisotopic (exact) mass is 272 g/mol. The summed E-state index contributed by atoms with van der Waals surface area (Å²) in [6, 6.07) is 0. The number of carbonyl (C=O) groups is 1. The van der Waals surface area contributed by atoms with Crippen LogP contribution in [0.4, 0.5) is 0 Å². The highest BCUT2D eigenvalue weighted by molar-refractivity contribution is 7.99. The molecule has 0 radical (unpaired) electrons. The fourth-order valence-corrected chi connectivity index (χ4v) is 3.69. The molecule has 0 bridgehead atoms. The van der Waals surface area contributed by atoms with E-state index >= 15 is 0 Å². The molecule has 4 nitrogen and oxygen atoms in total. The van der Waals surface area contributed by atoms with Gasteiger partial charge in [0.2, 0.25) is 0 Å². The molecule has 0 aliphatic carbocycles. The predicted octanol–water partition coefficient (Wildman–Crippen LogP) is 1.19. The van der Waals surface area contributed by atoms with Crippen molar-refractivity contribution in [1.82, 2.24) is 10.3 Å². The Bertz CT molecular complexity index is 400. The van der Waals surface area contributed by atoms with Crippen LogP contribution in [0.5, 0.6) is 0 Å². The van der Waals surface area contributed by atoms with Crippen molar-refractivity contribution >= 4 is 29.0 Å². The van der Waals surface area contributed by atoms with E-state index < -0.39 is 5.60 Å². The van der Waals surface area contributed by atoms with Crippen LogP contribution in [0, 0.1) is 0 Å². The number of hydrogen-bond donors (Lipinski definition) is 2. The maximum absolute atomic E-state index is 11.8. The second kappa shape index (κ2) is 5.37. The zero-order chi connectivity index (χ0) is 12.3. The second-order valence-corrected chi connectivity index (χ2v) is 6.40. The molecule has 0 aromatic carbocycles. The third-order valence-corrected chi connectivity index (χ3v) is 5.09. The molecule has 17 heavy (non-hydrogen) atoms. The van der Waals surface area contributed by atoms with Crippen LogP contribution in [-0.4, -0.2) is 33.1 Å². The van der Waals surface area contributed by atoms with Crippen molar-refractivity contribution in [2.75, 3.05) is 11.5 Å². The summed E-state index contributed by atoms with van der Waals surface area (Å²) in [7, 11) is 0. The fraction of sp³-hybridized carbons (Fsp3) is 0.636. The lowest BCUT2D eigenvalue weighted by Crippen LogP contribution is -2.46. The molecule has 1 aromatic rings. The summed E-state index contributed by atoms with van der Waals surface area (Å²) in [4.78, 5) is 17.3. The zero-order valence-corrected chi connectivity index (χ0v) is 11.4. The molecule has 1 aromatic heterocycles. The molecule has 2 rings (SSSR count). The molecular formula is C11H16N2O2S2. The number of thioether (sulfide) groups is 1. The Hall–Kier alpha value is -0.590. The maximum atomic E-state index is 11.8. The first kappa shape index (κ1) is 12.9. The van der Waals surface area contributed by atoms with E-state index in [1.807, 2.05) is 6.20 Å². The van der Waals surface area contributed by atoms with Crippen molar-refractivity contribution < 1.29 is 9.90 Å². The molecule has 1 amide bonds. The lowest BCUT2D eigenvalue weighted by molar-refractivity contribution is -0.137. The van der Waals surface area contributed by atoms with Crippen LogP contribution in [0.15, 0.2) is 6.20 Å². The van der Waals surface area contributed by atoms with Gasteiger partial charge in [0.25, 0.3) is 5.91 Å². The standard InChI is InChI=1S/C11H16N2O2S2/c1-2-8-5-12-9(17-8)6-13-10(14)11(15)3-4-16-7-11/h5,15H,2-4,6-7H2,1H3,(H,13,14). The highest BCUT2D eigenvalue weighted by atomic mass is 32.2. The molecule has 1 aliphatic heterocycles. The third-order valence-electron chi connectivity index (χ3n) is 2.77. The van der Waals surface area contributed by atoms with Crippen LogP contribution in [0.25, 0.3) is 0 Å². The molecule has 6 heteroatoms. The Labute approximate surface area is 109 Å². The molecule has 1 aliphatic rings. The molecular weight excluding hydrogens is 256 g/mol. The highest BCUT2D eigenvalue weighted by Gasteiger charge is 2.39. The SMILES string of the molecule is CCc1cnc(CNC(=O)C2(O)CCSC2)s1. The van der Waals surface area contributed by atoms with Gasteiger partial charge < -0.3 is 10.4 Å². The molecule has 2 heterocycles. The number of hydrogen-bond acceptors (Lipinski definition) is 5. The van der Waals surface area contributed by atoms with Crippen molar-refractivity contribution in [1.29, 1.82) is 0 Å². The van der Waals surface area contributed by atoms with Gasteiger partial charge in [-0.1, -0.05) is 6.92 Å². The highest BCUT2D eigenvalue weighted by Crippen LogP contribution is 2.28. The number of thiazole rings is 1. The Morgan fingerprint density at radius 1 is 1.71 bits per heavy atom. The van der Waals surface area contributed by atoms with Crippen molar-refractivity contribution in [2.45, 2.75) is 31.9 Å². The average Bonchev–Trinajstić information content (AvgIpc) is 2.95. The van der Waals surface area contributed by atoms with Gasteiger partial charge in [0.05, 0.1) is 6.54 Å². The summed E-state index contributed by atoms with van der Waals surface area (Å²) in [5.41, 5.74) is -1.17. The average molecular weight is 272 g/mol. The van der Waals surface area contributed by atoms with E-state index in [0.717, 1.165) is 17.2 Å². The number of carbonyl (C=O) groups excluding carboxylic acids is 1. The largest absolute Gasteiger partial charge is 0.379 e. The van der Waals surface area contributed by atoms with E-state index in [1.165, 1.54) is 4.88 Å². The Balaban J connectivity index is 1.87. The quantitative estimate of drug-likeness (QED) is 0.864. The van der Waals surface area contributed by atoms with Gasteiger partial charge in [-0.05, 0) is 18.6 Å². The van der Waals surface area contributed by atoms with E-state index in [4.69, 9.17) is 0 Å². The van der Waals surface area contributed by atoms with E-state index in [1.54, 1.807) is 23.1 Å². The van der Waals surface area contributed by atoms with Crippen LogP contribution in [-0.2, 0) is 17.8 Å². The summed E-state index contributed by atoms with van der Waals surface area (Å²) in [5, 5.41) is 13.7. The smallest absolute Gasteiger partial charge is 0.253 e. The molecule has 1 atom stereocenters. The summed E-state index contributed by atoms with van der Waals surface area (Å²) < 4.78 is 0. The normalized spacial score (nSPS) is 23.9. The Kier molecular flexibility index (Phi) is 4.06. The van der Waals surface area contributed by atoms with Gasteiger partial charge in [0.15, 0.2) is 5.60 Å².